The Morgan fingerprint density at radius 2 is 0.812 bits per heavy atom. The molecule has 1 nitrogen and oxygen atoms in total. The van der Waals surface area contributed by atoms with E-state index in [1.807, 2.05) is 0 Å². The predicted molar refractivity (Wildman–Crippen MR) is 144 cm³/mol. The van der Waals surface area contributed by atoms with Crippen molar-refractivity contribution in [2.24, 2.45) is 0 Å². The number of hydrogen-bond acceptors (Lipinski definition) is 1. The zero-order valence-electron chi connectivity index (χ0n) is 21.1. The highest BCUT2D eigenvalue weighted by molar-refractivity contribution is 5.64. The van der Waals surface area contributed by atoms with Crippen LogP contribution in [0.5, 0.6) is 0 Å². The molecule has 0 aromatic heterocycles. The van der Waals surface area contributed by atoms with E-state index in [4.69, 9.17) is 0 Å². The summed E-state index contributed by atoms with van der Waals surface area (Å²) in [5.74, 6) is 0. The lowest BCUT2D eigenvalue weighted by Crippen LogP contribution is -2.31. The summed E-state index contributed by atoms with van der Waals surface area (Å²) < 4.78 is 0. The van der Waals surface area contributed by atoms with E-state index in [1.165, 1.54) is 114 Å². The Hall–Kier alpha value is -1.76. The lowest BCUT2D eigenvalue weighted by Gasteiger charge is -2.34. The number of benzene rings is 2. The minimum Gasteiger partial charge on any atom is -0.338 e. The van der Waals surface area contributed by atoms with Crippen molar-refractivity contribution in [3.05, 3.63) is 60.7 Å². The van der Waals surface area contributed by atoms with Gasteiger partial charge in [-0.05, 0) is 37.1 Å². The van der Waals surface area contributed by atoms with E-state index in [-0.39, 0.29) is 0 Å². The van der Waals surface area contributed by atoms with Gasteiger partial charge in [0.1, 0.15) is 0 Å². The molecule has 2 aromatic rings. The maximum atomic E-state index is 2.63. The van der Waals surface area contributed by atoms with E-state index in [0.29, 0.717) is 6.04 Å². The van der Waals surface area contributed by atoms with Gasteiger partial charge in [0.05, 0.1) is 0 Å². The van der Waals surface area contributed by atoms with Crippen LogP contribution in [-0.4, -0.2) is 6.04 Å². The molecule has 1 heteroatoms. The first-order chi connectivity index (χ1) is 15.9. The van der Waals surface area contributed by atoms with Crippen molar-refractivity contribution < 1.29 is 0 Å². The fourth-order valence-corrected chi connectivity index (χ4v) is 4.82. The molecule has 0 bridgehead atoms. The summed E-state index contributed by atoms with van der Waals surface area (Å²) in [6.07, 6.45) is 22.0. The SMILES string of the molecule is CCCCCCCCCC(CCCCCCCCC)N(c1ccccc1)c1ccccc1. The minimum absolute atomic E-state index is 0.589. The molecule has 0 fully saturated rings. The number of nitrogens with zero attached hydrogens (tertiary/aromatic N) is 1. The number of hydrogen-bond donors (Lipinski definition) is 0. The van der Waals surface area contributed by atoms with Gasteiger partial charge < -0.3 is 4.90 Å². The zero-order valence-corrected chi connectivity index (χ0v) is 21.1. The first-order valence-corrected chi connectivity index (χ1v) is 13.8. The molecule has 0 spiro atoms. The van der Waals surface area contributed by atoms with Gasteiger partial charge in [-0.15, -0.1) is 0 Å². The molecule has 2 rings (SSSR count). The predicted octanol–water partition coefficient (Wildman–Crippen LogP) is 10.5. The van der Waals surface area contributed by atoms with Crippen molar-refractivity contribution in [2.45, 2.75) is 123 Å². The second-order valence-corrected chi connectivity index (χ2v) is 9.51. The third kappa shape index (κ3) is 10.7. The maximum Gasteiger partial charge on any atom is 0.0413 e. The molecule has 2 aromatic carbocycles. The third-order valence-corrected chi connectivity index (χ3v) is 6.72. The average molecular weight is 436 g/mol. The van der Waals surface area contributed by atoms with Gasteiger partial charge in [-0.1, -0.05) is 140 Å². The Kier molecular flexibility index (Phi) is 14.7. The summed E-state index contributed by atoms with van der Waals surface area (Å²) in [5.41, 5.74) is 2.68. The molecule has 178 valence electrons. The fourth-order valence-electron chi connectivity index (χ4n) is 4.82. The number of anilines is 2. The van der Waals surface area contributed by atoms with E-state index in [1.54, 1.807) is 0 Å². The molecule has 32 heavy (non-hydrogen) atoms. The van der Waals surface area contributed by atoms with E-state index in [0.717, 1.165) is 0 Å². The Labute approximate surface area is 199 Å². The molecule has 0 atom stereocenters. The van der Waals surface area contributed by atoms with Crippen LogP contribution in [-0.2, 0) is 0 Å². The number of para-hydroxylation sites is 2. The van der Waals surface area contributed by atoms with Gasteiger partial charge in [0, 0.05) is 17.4 Å². The van der Waals surface area contributed by atoms with Gasteiger partial charge in [0.2, 0.25) is 0 Å². The molecule has 0 saturated heterocycles. The molecule has 0 unspecified atom stereocenters. The van der Waals surface area contributed by atoms with Gasteiger partial charge in [0.25, 0.3) is 0 Å². The van der Waals surface area contributed by atoms with Crippen molar-refractivity contribution in [3.8, 4) is 0 Å². The molecular formula is C31H49N. The lowest BCUT2D eigenvalue weighted by atomic mass is 9.97. The summed E-state index contributed by atoms with van der Waals surface area (Å²) in [6, 6.07) is 22.7. The zero-order chi connectivity index (χ0) is 22.7. The standard InChI is InChI=1S/C31H49N/c1-3-5-7-9-11-13-17-23-29(24-18-14-12-10-8-6-4-2)32(30-25-19-15-20-26-30)31-27-21-16-22-28-31/h15-16,19-22,25-29H,3-14,17-18,23-24H2,1-2H3. The van der Waals surface area contributed by atoms with Gasteiger partial charge in [-0.3, -0.25) is 0 Å². The molecule has 0 aliphatic heterocycles. The molecule has 0 aliphatic carbocycles. The second-order valence-electron chi connectivity index (χ2n) is 9.51. The molecule has 0 radical (unpaired) electrons. The summed E-state index contributed by atoms with van der Waals surface area (Å²) in [6.45, 7) is 4.60. The van der Waals surface area contributed by atoms with Crippen molar-refractivity contribution in [1.29, 1.82) is 0 Å². The lowest BCUT2D eigenvalue weighted by molar-refractivity contribution is 0.476. The first-order valence-electron chi connectivity index (χ1n) is 13.8. The van der Waals surface area contributed by atoms with Crippen LogP contribution in [0.25, 0.3) is 0 Å². The Balaban J connectivity index is 1.99. The van der Waals surface area contributed by atoms with Crippen molar-refractivity contribution in [3.63, 3.8) is 0 Å². The van der Waals surface area contributed by atoms with Crippen LogP contribution in [0.1, 0.15) is 117 Å². The van der Waals surface area contributed by atoms with Crippen molar-refractivity contribution >= 4 is 11.4 Å². The smallest absolute Gasteiger partial charge is 0.0413 e. The third-order valence-electron chi connectivity index (χ3n) is 6.72. The number of rotatable bonds is 19. The van der Waals surface area contributed by atoms with Gasteiger partial charge >= 0.3 is 0 Å². The average Bonchev–Trinajstić information content (AvgIpc) is 2.84. The summed E-state index contributed by atoms with van der Waals surface area (Å²) >= 11 is 0. The Bertz CT molecular complexity index is 593. The summed E-state index contributed by atoms with van der Waals surface area (Å²) in [7, 11) is 0. The Morgan fingerprint density at radius 1 is 0.469 bits per heavy atom. The fraction of sp³-hybridized carbons (Fsp3) is 0.613. The van der Waals surface area contributed by atoms with Crippen molar-refractivity contribution in [1.82, 2.24) is 0 Å². The molecule has 0 aliphatic rings. The summed E-state index contributed by atoms with van der Waals surface area (Å²) in [5, 5.41) is 0. The number of unbranched alkanes of at least 4 members (excludes halogenated alkanes) is 12. The molecule has 0 amide bonds. The maximum absolute atomic E-state index is 2.63. The van der Waals surface area contributed by atoms with Crippen LogP contribution >= 0.6 is 0 Å². The van der Waals surface area contributed by atoms with Crippen LogP contribution in [0.4, 0.5) is 11.4 Å². The van der Waals surface area contributed by atoms with E-state index < -0.39 is 0 Å². The van der Waals surface area contributed by atoms with Crippen LogP contribution in [0.2, 0.25) is 0 Å². The van der Waals surface area contributed by atoms with Crippen LogP contribution in [0.15, 0.2) is 60.7 Å². The second kappa shape index (κ2) is 17.8. The van der Waals surface area contributed by atoms with Crippen molar-refractivity contribution in [2.75, 3.05) is 4.90 Å². The molecule has 0 saturated carbocycles. The summed E-state index contributed by atoms with van der Waals surface area (Å²) in [4.78, 5) is 2.63. The minimum atomic E-state index is 0.589. The highest BCUT2D eigenvalue weighted by Gasteiger charge is 2.20. The van der Waals surface area contributed by atoms with Crippen LogP contribution < -0.4 is 4.90 Å². The van der Waals surface area contributed by atoms with Crippen LogP contribution in [0.3, 0.4) is 0 Å². The molecule has 0 N–H and O–H groups in total. The Morgan fingerprint density at radius 3 is 1.19 bits per heavy atom. The first kappa shape index (κ1) is 26.5. The van der Waals surface area contributed by atoms with Crippen LogP contribution in [0, 0.1) is 0 Å². The topological polar surface area (TPSA) is 3.24 Å². The highest BCUT2D eigenvalue weighted by atomic mass is 15.2. The van der Waals surface area contributed by atoms with E-state index in [2.05, 4.69) is 79.4 Å². The normalized spacial score (nSPS) is 11.2. The highest BCUT2D eigenvalue weighted by Crippen LogP contribution is 2.32. The quantitative estimate of drug-likeness (QED) is 0.198. The van der Waals surface area contributed by atoms with Gasteiger partial charge in [-0.25, -0.2) is 0 Å². The molecule has 0 heterocycles. The van der Waals surface area contributed by atoms with E-state index in [9.17, 15) is 0 Å². The molecular weight excluding hydrogens is 386 g/mol. The largest absolute Gasteiger partial charge is 0.338 e. The monoisotopic (exact) mass is 435 g/mol. The van der Waals surface area contributed by atoms with Gasteiger partial charge in [-0.2, -0.15) is 0 Å². The van der Waals surface area contributed by atoms with Gasteiger partial charge in [0.15, 0.2) is 0 Å². The van der Waals surface area contributed by atoms with E-state index >= 15 is 0 Å².